The summed E-state index contributed by atoms with van der Waals surface area (Å²) in [5.41, 5.74) is 13.8. The Morgan fingerprint density at radius 1 is 0.413 bits per heavy atom. The van der Waals surface area contributed by atoms with Crippen molar-refractivity contribution >= 4 is 88.7 Å². The molecule has 214 valence electrons. The minimum atomic E-state index is 0.136. The van der Waals surface area contributed by atoms with Crippen LogP contribution in [0.2, 0.25) is 0 Å². The monoisotopic (exact) mass is 602 g/mol. The third-order valence-corrected chi connectivity index (χ3v) is 10.8. The highest BCUT2D eigenvalue weighted by Crippen LogP contribution is 2.46. The summed E-state index contributed by atoms with van der Waals surface area (Å²) in [6.45, 7) is 0.136. The van der Waals surface area contributed by atoms with Crippen LogP contribution in [0.15, 0.2) is 164 Å². The van der Waals surface area contributed by atoms with Crippen molar-refractivity contribution in [2.24, 2.45) is 0 Å². The van der Waals surface area contributed by atoms with Crippen LogP contribution in [-0.2, 0) is 0 Å². The molecule has 0 atom stereocenters. The highest BCUT2D eigenvalue weighted by atomic mass is 32.1. The number of nitrogens with zero attached hydrogens (tertiary/aromatic N) is 2. The molecular weight excluding hydrogens is 575 g/mol. The lowest BCUT2D eigenvalue weighted by atomic mass is 9.33. The third kappa shape index (κ3) is 3.65. The maximum atomic E-state index is 2.51. The molecule has 0 saturated heterocycles. The predicted molar refractivity (Wildman–Crippen MR) is 199 cm³/mol. The van der Waals surface area contributed by atoms with Crippen molar-refractivity contribution in [2.75, 3.05) is 9.80 Å². The van der Waals surface area contributed by atoms with Crippen LogP contribution in [0.5, 0.6) is 0 Å². The summed E-state index contributed by atoms with van der Waals surface area (Å²) < 4.78 is 2.65. The molecule has 0 N–H and O–H groups in total. The first-order valence-corrected chi connectivity index (χ1v) is 16.6. The SMILES string of the molecule is c1ccc(N2c3ccccc3B3c4ccccc4N(c4ccccc4-c4ccc5c(c4)sc4ccccc45)c4cccc2c43)cc1. The summed E-state index contributed by atoms with van der Waals surface area (Å²) in [7, 11) is 0. The van der Waals surface area contributed by atoms with Crippen molar-refractivity contribution in [3.05, 3.63) is 164 Å². The number of thiophene rings is 1. The van der Waals surface area contributed by atoms with Crippen LogP contribution in [-0.4, -0.2) is 6.71 Å². The molecule has 8 aromatic rings. The van der Waals surface area contributed by atoms with Crippen molar-refractivity contribution in [3.8, 4) is 11.1 Å². The van der Waals surface area contributed by atoms with Gasteiger partial charge in [-0.3, -0.25) is 0 Å². The van der Waals surface area contributed by atoms with Gasteiger partial charge in [0.25, 0.3) is 6.71 Å². The first kappa shape index (κ1) is 25.7. The molecule has 0 aliphatic carbocycles. The topological polar surface area (TPSA) is 6.48 Å². The van der Waals surface area contributed by atoms with Crippen molar-refractivity contribution < 1.29 is 0 Å². The highest BCUT2D eigenvalue weighted by Gasteiger charge is 2.43. The fourth-order valence-corrected chi connectivity index (χ4v) is 8.90. The van der Waals surface area contributed by atoms with Crippen LogP contribution < -0.4 is 26.2 Å². The van der Waals surface area contributed by atoms with Crippen LogP contribution in [0, 0.1) is 0 Å². The maximum absolute atomic E-state index is 2.51. The molecule has 0 spiro atoms. The molecule has 46 heavy (non-hydrogen) atoms. The molecule has 0 fully saturated rings. The van der Waals surface area contributed by atoms with E-state index in [-0.39, 0.29) is 6.71 Å². The second-order valence-electron chi connectivity index (χ2n) is 12.1. The first-order chi connectivity index (χ1) is 22.8. The normalized spacial score (nSPS) is 13.1. The fourth-order valence-electron chi connectivity index (χ4n) is 7.76. The maximum Gasteiger partial charge on any atom is 0.252 e. The molecule has 2 nitrogen and oxygen atoms in total. The zero-order valence-electron chi connectivity index (χ0n) is 25.0. The van der Waals surface area contributed by atoms with E-state index in [1.165, 1.54) is 81.8 Å². The Bertz CT molecular complexity index is 2470. The van der Waals surface area contributed by atoms with Gasteiger partial charge in [-0.1, -0.05) is 109 Å². The Balaban J connectivity index is 1.23. The van der Waals surface area contributed by atoms with Gasteiger partial charge in [-0.15, -0.1) is 11.3 Å². The molecule has 7 aromatic carbocycles. The van der Waals surface area contributed by atoms with Gasteiger partial charge < -0.3 is 9.80 Å². The van der Waals surface area contributed by atoms with Gasteiger partial charge in [-0.2, -0.15) is 0 Å². The Kier molecular flexibility index (Phi) is 5.57. The molecule has 0 radical (unpaired) electrons. The van der Waals surface area contributed by atoms with Crippen LogP contribution in [0.4, 0.5) is 34.1 Å². The summed E-state index contributed by atoms with van der Waals surface area (Å²) in [4.78, 5) is 4.95. The van der Waals surface area contributed by atoms with E-state index in [1.807, 2.05) is 11.3 Å². The summed E-state index contributed by atoms with van der Waals surface area (Å²) >= 11 is 1.87. The minimum Gasteiger partial charge on any atom is -0.311 e. The van der Waals surface area contributed by atoms with E-state index < -0.39 is 0 Å². The smallest absolute Gasteiger partial charge is 0.252 e. The first-order valence-electron chi connectivity index (χ1n) is 15.8. The van der Waals surface area contributed by atoms with Crippen molar-refractivity contribution in [2.45, 2.75) is 0 Å². The van der Waals surface area contributed by atoms with Gasteiger partial charge in [0.15, 0.2) is 0 Å². The van der Waals surface area contributed by atoms with E-state index in [0.717, 1.165) is 0 Å². The van der Waals surface area contributed by atoms with Crippen LogP contribution in [0.25, 0.3) is 31.3 Å². The molecule has 0 bridgehead atoms. The van der Waals surface area contributed by atoms with Crippen LogP contribution in [0.3, 0.4) is 0 Å². The Hall–Kier alpha value is -5.58. The average molecular weight is 603 g/mol. The van der Waals surface area contributed by atoms with Gasteiger partial charge in [-0.25, -0.2) is 0 Å². The number of fused-ring (bicyclic) bond motifs is 7. The number of benzene rings is 7. The Morgan fingerprint density at radius 3 is 1.80 bits per heavy atom. The summed E-state index contributed by atoms with van der Waals surface area (Å²) in [5, 5.41) is 2.65. The lowest BCUT2D eigenvalue weighted by Gasteiger charge is -2.44. The zero-order valence-corrected chi connectivity index (χ0v) is 25.8. The zero-order chi connectivity index (χ0) is 30.2. The standard InChI is InChI=1S/C42H27BN2S/c1-2-13-29(14-3-1)44-36-20-9-6-17-33(36)43-34-18-7-10-21-37(34)45(39-23-12-22-38(44)42(39)43)35-19-8-4-15-30(35)28-25-26-32-31-16-5-11-24-40(31)46-41(32)27-28/h1-27H. The molecular formula is C42H27BN2S. The number of hydrogen-bond acceptors (Lipinski definition) is 3. The van der Waals surface area contributed by atoms with Gasteiger partial charge in [-0.05, 0) is 76.5 Å². The number of hydrogen-bond donors (Lipinski definition) is 0. The molecule has 0 amide bonds. The van der Waals surface area contributed by atoms with E-state index in [4.69, 9.17) is 0 Å². The third-order valence-electron chi connectivity index (χ3n) is 9.66. The summed E-state index contributed by atoms with van der Waals surface area (Å²) in [6.07, 6.45) is 0. The minimum absolute atomic E-state index is 0.136. The largest absolute Gasteiger partial charge is 0.311 e. The van der Waals surface area contributed by atoms with Crippen molar-refractivity contribution in [1.29, 1.82) is 0 Å². The lowest BCUT2D eigenvalue weighted by Crippen LogP contribution is -2.61. The van der Waals surface area contributed by atoms with E-state index in [0.29, 0.717) is 0 Å². The van der Waals surface area contributed by atoms with Crippen molar-refractivity contribution in [1.82, 2.24) is 0 Å². The number of rotatable bonds is 3. The van der Waals surface area contributed by atoms with Gasteiger partial charge in [0.2, 0.25) is 0 Å². The molecule has 10 rings (SSSR count). The molecule has 0 saturated carbocycles. The second kappa shape index (κ2) is 9.97. The molecule has 2 aliphatic rings. The number of para-hydroxylation sites is 4. The van der Waals surface area contributed by atoms with E-state index >= 15 is 0 Å². The van der Waals surface area contributed by atoms with Gasteiger partial charge >= 0.3 is 0 Å². The molecule has 1 aromatic heterocycles. The Morgan fingerprint density at radius 2 is 1.00 bits per heavy atom. The van der Waals surface area contributed by atoms with Crippen molar-refractivity contribution in [3.63, 3.8) is 0 Å². The molecule has 3 heterocycles. The van der Waals surface area contributed by atoms with Crippen LogP contribution in [0.1, 0.15) is 0 Å². The summed E-state index contributed by atoms with van der Waals surface area (Å²) in [6, 6.07) is 60.1. The molecule has 4 heteroatoms. The second-order valence-corrected chi connectivity index (χ2v) is 13.2. The van der Waals surface area contributed by atoms with E-state index in [1.54, 1.807) is 0 Å². The predicted octanol–water partition coefficient (Wildman–Crippen LogP) is 9.80. The highest BCUT2D eigenvalue weighted by molar-refractivity contribution is 7.25. The molecule has 0 unspecified atom stereocenters. The quantitative estimate of drug-likeness (QED) is 0.186. The average Bonchev–Trinajstić information content (AvgIpc) is 3.50. The van der Waals surface area contributed by atoms with Crippen LogP contribution >= 0.6 is 11.3 Å². The van der Waals surface area contributed by atoms with Gasteiger partial charge in [0.1, 0.15) is 0 Å². The van der Waals surface area contributed by atoms with E-state index in [2.05, 4.69) is 174 Å². The van der Waals surface area contributed by atoms with E-state index in [9.17, 15) is 0 Å². The number of anilines is 6. The van der Waals surface area contributed by atoms with Gasteiger partial charge in [0, 0.05) is 54.2 Å². The fraction of sp³-hybridized carbons (Fsp3) is 0. The van der Waals surface area contributed by atoms with Gasteiger partial charge in [0.05, 0.1) is 5.69 Å². The Labute approximate surface area is 272 Å². The lowest BCUT2D eigenvalue weighted by molar-refractivity contribution is 1.25. The summed E-state index contributed by atoms with van der Waals surface area (Å²) in [5.74, 6) is 0. The molecule has 2 aliphatic heterocycles.